The number of nitrogens with zero attached hydrogens (tertiary/aromatic N) is 2. The van der Waals surface area contributed by atoms with Crippen molar-refractivity contribution in [2.45, 2.75) is 25.4 Å². The lowest BCUT2D eigenvalue weighted by Gasteiger charge is -2.10. The van der Waals surface area contributed by atoms with Crippen LogP contribution < -0.4 is 10.6 Å². The number of aryl methyl sites for hydroxylation is 1. The minimum atomic E-state index is -0.314. The summed E-state index contributed by atoms with van der Waals surface area (Å²) in [7, 11) is 1.95. The molecule has 1 aliphatic heterocycles. The van der Waals surface area contributed by atoms with Crippen LogP contribution in [0.3, 0.4) is 0 Å². The fourth-order valence-corrected chi connectivity index (χ4v) is 3.54. The van der Waals surface area contributed by atoms with Crippen LogP contribution in [-0.4, -0.2) is 40.6 Å². The molecular formula is C22H24N4O3. The maximum atomic E-state index is 12.3. The van der Waals surface area contributed by atoms with Crippen molar-refractivity contribution >= 4 is 28.5 Å². The molecule has 150 valence electrons. The largest absolute Gasteiger partial charge is 0.368 e. The third-order valence-electron chi connectivity index (χ3n) is 5.14. The van der Waals surface area contributed by atoms with Crippen LogP contribution in [-0.2, 0) is 23.0 Å². The molecule has 2 N–H and O–H groups in total. The highest BCUT2D eigenvalue weighted by atomic mass is 16.5. The molecule has 7 heteroatoms. The number of hydrogen-bond acceptors (Lipinski definition) is 4. The minimum Gasteiger partial charge on any atom is -0.368 e. The number of carbonyl (C=O) groups excluding carboxylic acids is 2. The molecular weight excluding hydrogens is 368 g/mol. The van der Waals surface area contributed by atoms with Gasteiger partial charge in [0.15, 0.2) is 0 Å². The lowest BCUT2D eigenvalue weighted by molar-refractivity contribution is -0.130. The maximum absolute atomic E-state index is 12.3. The molecule has 1 saturated heterocycles. The fraction of sp³-hybridized carbons (Fsp3) is 0.318. The number of carbonyl (C=O) groups is 2. The summed E-state index contributed by atoms with van der Waals surface area (Å²) in [4.78, 5) is 29.1. The van der Waals surface area contributed by atoms with Crippen LogP contribution in [0, 0.1) is 0 Å². The number of imidazole rings is 1. The van der Waals surface area contributed by atoms with E-state index in [-0.39, 0.29) is 17.9 Å². The van der Waals surface area contributed by atoms with Crippen LogP contribution in [0.5, 0.6) is 0 Å². The van der Waals surface area contributed by atoms with E-state index in [2.05, 4.69) is 15.6 Å². The molecule has 2 amide bonds. The van der Waals surface area contributed by atoms with Crippen molar-refractivity contribution in [3.05, 3.63) is 59.9 Å². The summed E-state index contributed by atoms with van der Waals surface area (Å²) in [6, 6.07) is 14.8. The first-order valence-corrected chi connectivity index (χ1v) is 9.83. The van der Waals surface area contributed by atoms with E-state index in [1.54, 1.807) is 12.1 Å². The number of nitrogens with one attached hydrogen (secondary N) is 2. The minimum absolute atomic E-state index is 0.0489. The quantitative estimate of drug-likeness (QED) is 0.675. The molecule has 1 aromatic heterocycles. The van der Waals surface area contributed by atoms with Gasteiger partial charge in [-0.15, -0.1) is 0 Å². The molecule has 2 aromatic carbocycles. The van der Waals surface area contributed by atoms with Crippen LogP contribution in [0.4, 0.5) is 5.69 Å². The topological polar surface area (TPSA) is 85.2 Å². The Morgan fingerprint density at radius 1 is 1.21 bits per heavy atom. The number of fused-ring (bicyclic) bond motifs is 1. The standard InChI is InChI=1S/C22H24N4O3/c1-26-18-10-9-16(24-21(27)15-6-3-2-4-7-15)14-17(18)25-20(26)11-12-23-22(28)19-8-5-13-29-19/h2-4,6-7,9-10,14,19H,5,8,11-13H2,1H3,(H,23,28)(H,24,27)/t19-/m0/s1. The van der Waals surface area contributed by atoms with Crippen molar-refractivity contribution < 1.29 is 14.3 Å². The number of rotatable bonds is 6. The van der Waals surface area contributed by atoms with Crippen molar-refractivity contribution in [3.8, 4) is 0 Å². The average Bonchev–Trinajstić information content (AvgIpc) is 3.37. The SMILES string of the molecule is Cn1c(CCNC(=O)[C@@H]2CCCO2)nc2cc(NC(=O)c3ccccc3)ccc21. The van der Waals surface area contributed by atoms with Crippen molar-refractivity contribution in [1.29, 1.82) is 0 Å². The summed E-state index contributed by atoms with van der Waals surface area (Å²) in [5, 5.41) is 5.84. The predicted molar refractivity (Wildman–Crippen MR) is 111 cm³/mol. The maximum Gasteiger partial charge on any atom is 0.255 e. The highest BCUT2D eigenvalue weighted by Crippen LogP contribution is 2.20. The summed E-state index contributed by atoms with van der Waals surface area (Å²) >= 11 is 0. The third-order valence-corrected chi connectivity index (χ3v) is 5.14. The molecule has 1 fully saturated rings. The molecule has 4 rings (SSSR count). The molecule has 2 heterocycles. The van der Waals surface area contributed by atoms with Crippen LogP contribution >= 0.6 is 0 Å². The second-order valence-corrected chi connectivity index (χ2v) is 7.15. The Labute approximate surface area is 169 Å². The zero-order valence-electron chi connectivity index (χ0n) is 16.4. The molecule has 7 nitrogen and oxygen atoms in total. The molecule has 1 atom stereocenters. The van der Waals surface area contributed by atoms with Crippen molar-refractivity contribution in [1.82, 2.24) is 14.9 Å². The first-order chi connectivity index (χ1) is 14.1. The second-order valence-electron chi connectivity index (χ2n) is 7.15. The van der Waals surface area contributed by atoms with Gasteiger partial charge in [-0.25, -0.2) is 4.98 Å². The van der Waals surface area contributed by atoms with Crippen LogP contribution in [0.25, 0.3) is 11.0 Å². The van der Waals surface area contributed by atoms with Gasteiger partial charge in [-0.05, 0) is 43.2 Å². The van der Waals surface area contributed by atoms with Crippen molar-refractivity contribution in [2.24, 2.45) is 7.05 Å². The van der Waals surface area contributed by atoms with Gasteiger partial charge in [0.05, 0.1) is 11.0 Å². The van der Waals surface area contributed by atoms with Gasteiger partial charge in [0.2, 0.25) is 5.91 Å². The van der Waals surface area contributed by atoms with E-state index in [0.29, 0.717) is 30.8 Å². The van der Waals surface area contributed by atoms with Gasteiger partial charge in [-0.3, -0.25) is 9.59 Å². The van der Waals surface area contributed by atoms with E-state index in [0.717, 1.165) is 29.7 Å². The normalized spacial score (nSPS) is 16.1. The summed E-state index contributed by atoms with van der Waals surface area (Å²) in [5.74, 6) is 0.671. The average molecular weight is 392 g/mol. The van der Waals surface area contributed by atoms with Gasteiger partial charge in [-0.1, -0.05) is 18.2 Å². The van der Waals surface area contributed by atoms with Crippen LogP contribution in [0.15, 0.2) is 48.5 Å². The molecule has 0 saturated carbocycles. The Kier molecular flexibility index (Phi) is 5.57. The van der Waals surface area contributed by atoms with Crippen molar-refractivity contribution in [2.75, 3.05) is 18.5 Å². The second kappa shape index (κ2) is 8.45. The summed E-state index contributed by atoms with van der Waals surface area (Å²) in [6.07, 6.45) is 2.03. The number of aromatic nitrogens is 2. The van der Waals surface area contributed by atoms with E-state index in [1.165, 1.54) is 0 Å². The molecule has 0 radical (unpaired) electrons. The van der Waals surface area contributed by atoms with Gasteiger partial charge in [0.25, 0.3) is 5.91 Å². The number of amides is 2. The summed E-state index contributed by atoms with van der Waals surface area (Å²) < 4.78 is 7.41. The highest BCUT2D eigenvalue weighted by Gasteiger charge is 2.23. The molecule has 29 heavy (non-hydrogen) atoms. The lowest BCUT2D eigenvalue weighted by Crippen LogP contribution is -2.35. The van der Waals surface area contributed by atoms with Gasteiger partial charge >= 0.3 is 0 Å². The molecule has 0 aliphatic carbocycles. The number of hydrogen-bond donors (Lipinski definition) is 2. The Morgan fingerprint density at radius 3 is 2.79 bits per heavy atom. The van der Waals surface area contributed by atoms with Gasteiger partial charge in [0.1, 0.15) is 11.9 Å². The van der Waals surface area contributed by atoms with E-state index in [9.17, 15) is 9.59 Å². The van der Waals surface area contributed by atoms with E-state index in [4.69, 9.17) is 4.74 Å². The Hall–Kier alpha value is -3.19. The highest BCUT2D eigenvalue weighted by molar-refractivity contribution is 6.04. The van der Waals surface area contributed by atoms with Crippen molar-refractivity contribution in [3.63, 3.8) is 0 Å². The smallest absolute Gasteiger partial charge is 0.255 e. The summed E-state index contributed by atoms with van der Waals surface area (Å²) in [6.45, 7) is 1.17. The van der Waals surface area contributed by atoms with Crippen LogP contribution in [0.2, 0.25) is 0 Å². The monoisotopic (exact) mass is 392 g/mol. The van der Waals surface area contributed by atoms with Gasteiger partial charge in [-0.2, -0.15) is 0 Å². The Bertz CT molecular complexity index is 1020. The lowest BCUT2D eigenvalue weighted by atomic mass is 10.2. The molecule has 3 aromatic rings. The third kappa shape index (κ3) is 4.30. The first-order valence-electron chi connectivity index (χ1n) is 9.83. The van der Waals surface area contributed by atoms with Crippen LogP contribution in [0.1, 0.15) is 29.0 Å². The zero-order chi connectivity index (χ0) is 20.2. The number of benzene rings is 2. The Morgan fingerprint density at radius 2 is 2.03 bits per heavy atom. The fourth-order valence-electron chi connectivity index (χ4n) is 3.54. The number of ether oxygens (including phenoxy) is 1. The van der Waals surface area contributed by atoms with E-state index in [1.807, 2.05) is 48.0 Å². The molecule has 1 aliphatic rings. The van der Waals surface area contributed by atoms with Gasteiger partial charge in [0, 0.05) is 37.9 Å². The molecule has 0 unspecified atom stereocenters. The molecule has 0 spiro atoms. The number of anilines is 1. The van der Waals surface area contributed by atoms with Gasteiger partial charge < -0.3 is 19.9 Å². The molecule has 0 bridgehead atoms. The Balaban J connectivity index is 1.41. The first kappa shape index (κ1) is 19.1. The summed E-state index contributed by atoms with van der Waals surface area (Å²) in [5.41, 5.74) is 3.08. The van der Waals surface area contributed by atoms with E-state index < -0.39 is 0 Å². The van der Waals surface area contributed by atoms with E-state index >= 15 is 0 Å². The zero-order valence-corrected chi connectivity index (χ0v) is 16.4. The predicted octanol–water partition coefficient (Wildman–Crippen LogP) is 2.66.